The van der Waals surface area contributed by atoms with E-state index in [1.54, 1.807) is 0 Å². The molecular formula is C16H23Br2NO. The molecule has 0 aliphatic heterocycles. The van der Waals surface area contributed by atoms with Gasteiger partial charge >= 0.3 is 0 Å². The van der Waals surface area contributed by atoms with Gasteiger partial charge in [0, 0.05) is 12.6 Å². The SMILES string of the molecule is CC(C)Oc1c(Br)cc(CNC2CCCCC2)cc1Br. The number of nitrogens with one attached hydrogen (secondary N) is 1. The zero-order valence-corrected chi connectivity index (χ0v) is 15.4. The fourth-order valence-electron chi connectivity index (χ4n) is 2.63. The molecule has 2 rings (SSSR count). The molecule has 4 heteroatoms. The van der Waals surface area contributed by atoms with Crippen LogP contribution in [0.1, 0.15) is 51.5 Å². The Bertz CT molecular complexity index is 419. The summed E-state index contributed by atoms with van der Waals surface area (Å²) in [5, 5.41) is 3.67. The van der Waals surface area contributed by atoms with E-state index >= 15 is 0 Å². The average Bonchev–Trinajstić information content (AvgIpc) is 2.41. The molecule has 1 aromatic carbocycles. The maximum atomic E-state index is 5.81. The van der Waals surface area contributed by atoms with E-state index in [0.29, 0.717) is 6.04 Å². The van der Waals surface area contributed by atoms with E-state index in [1.807, 2.05) is 13.8 Å². The molecule has 0 spiro atoms. The van der Waals surface area contributed by atoms with Gasteiger partial charge in [-0.3, -0.25) is 0 Å². The number of hydrogen-bond donors (Lipinski definition) is 1. The molecule has 0 aromatic heterocycles. The second-order valence-electron chi connectivity index (χ2n) is 5.77. The van der Waals surface area contributed by atoms with Crippen LogP contribution in [0.2, 0.25) is 0 Å². The second-order valence-corrected chi connectivity index (χ2v) is 7.48. The van der Waals surface area contributed by atoms with Gasteiger partial charge in [-0.05, 0) is 76.2 Å². The molecule has 2 nitrogen and oxygen atoms in total. The summed E-state index contributed by atoms with van der Waals surface area (Å²) in [5.74, 6) is 0.890. The van der Waals surface area contributed by atoms with Crippen molar-refractivity contribution in [3.05, 3.63) is 26.6 Å². The highest BCUT2D eigenvalue weighted by Gasteiger charge is 2.14. The first-order valence-electron chi connectivity index (χ1n) is 7.44. The van der Waals surface area contributed by atoms with Crippen molar-refractivity contribution < 1.29 is 4.74 Å². The van der Waals surface area contributed by atoms with Crippen molar-refractivity contribution in [1.29, 1.82) is 0 Å². The molecule has 112 valence electrons. The Morgan fingerprint density at radius 2 is 1.75 bits per heavy atom. The molecule has 1 N–H and O–H groups in total. The monoisotopic (exact) mass is 403 g/mol. The lowest BCUT2D eigenvalue weighted by Gasteiger charge is -2.23. The molecule has 0 bridgehead atoms. The third-order valence-corrected chi connectivity index (χ3v) is 4.79. The van der Waals surface area contributed by atoms with Gasteiger partial charge in [-0.2, -0.15) is 0 Å². The topological polar surface area (TPSA) is 21.3 Å². The zero-order chi connectivity index (χ0) is 14.5. The van der Waals surface area contributed by atoms with E-state index in [0.717, 1.165) is 21.2 Å². The largest absolute Gasteiger partial charge is 0.489 e. The van der Waals surface area contributed by atoms with E-state index in [-0.39, 0.29) is 6.10 Å². The van der Waals surface area contributed by atoms with Crippen molar-refractivity contribution in [3.8, 4) is 5.75 Å². The first kappa shape index (κ1) is 16.3. The third kappa shape index (κ3) is 4.74. The van der Waals surface area contributed by atoms with E-state index in [2.05, 4.69) is 49.3 Å². The molecule has 0 saturated heterocycles. The maximum absolute atomic E-state index is 5.81. The number of hydrogen-bond acceptors (Lipinski definition) is 2. The summed E-state index contributed by atoms with van der Waals surface area (Å²) >= 11 is 7.22. The van der Waals surface area contributed by atoms with Gasteiger partial charge in [0.1, 0.15) is 5.75 Å². The van der Waals surface area contributed by atoms with Crippen molar-refractivity contribution in [2.75, 3.05) is 0 Å². The fourth-order valence-corrected chi connectivity index (χ4v) is 4.10. The molecule has 0 atom stereocenters. The lowest BCUT2D eigenvalue weighted by molar-refractivity contribution is 0.239. The van der Waals surface area contributed by atoms with Crippen LogP contribution in [0.3, 0.4) is 0 Å². The van der Waals surface area contributed by atoms with E-state index in [1.165, 1.54) is 37.7 Å². The van der Waals surface area contributed by atoms with Gasteiger partial charge in [0.2, 0.25) is 0 Å². The van der Waals surface area contributed by atoms with Crippen LogP contribution >= 0.6 is 31.9 Å². The van der Waals surface area contributed by atoms with E-state index < -0.39 is 0 Å². The van der Waals surface area contributed by atoms with Gasteiger partial charge < -0.3 is 10.1 Å². The van der Waals surface area contributed by atoms with Crippen LogP contribution in [0.15, 0.2) is 21.1 Å². The normalized spacial score (nSPS) is 16.6. The van der Waals surface area contributed by atoms with E-state index in [9.17, 15) is 0 Å². The van der Waals surface area contributed by atoms with Crippen molar-refractivity contribution in [2.24, 2.45) is 0 Å². The number of halogens is 2. The van der Waals surface area contributed by atoms with Crippen molar-refractivity contribution in [1.82, 2.24) is 5.32 Å². The lowest BCUT2D eigenvalue weighted by Crippen LogP contribution is -2.30. The molecule has 0 radical (unpaired) electrons. The average molecular weight is 405 g/mol. The molecule has 1 aliphatic carbocycles. The Labute approximate surface area is 138 Å². The van der Waals surface area contributed by atoms with Gasteiger partial charge in [0.25, 0.3) is 0 Å². The lowest BCUT2D eigenvalue weighted by atomic mass is 9.95. The van der Waals surface area contributed by atoms with Gasteiger partial charge in [-0.15, -0.1) is 0 Å². The molecule has 1 aliphatic rings. The Hall–Kier alpha value is -0.0600. The second kappa shape index (κ2) is 7.81. The van der Waals surface area contributed by atoms with Crippen LogP contribution in [0.25, 0.3) is 0 Å². The Balaban J connectivity index is 1.98. The highest BCUT2D eigenvalue weighted by atomic mass is 79.9. The van der Waals surface area contributed by atoms with Crippen LogP contribution in [-0.2, 0) is 6.54 Å². The predicted molar refractivity (Wildman–Crippen MR) is 91.3 cm³/mol. The van der Waals surface area contributed by atoms with Gasteiger partial charge in [-0.25, -0.2) is 0 Å². The Morgan fingerprint density at radius 3 is 2.30 bits per heavy atom. The summed E-state index contributed by atoms with van der Waals surface area (Å²) in [6, 6.07) is 4.99. The van der Waals surface area contributed by atoms with Crippen LogP contribution in [0.5, 0.6) is 5.75 Å². The Kier molecular flexibility index (Phi) is 6.37. The summed E-state index contributed by atoms with van der Waals surface area (Å²) in [6.07, 6.45) is 6.94. The zero-order valence-electron chi connectivity index (χ0n) is 12.2. The first-order valence-corrected chi connectivity index (χ1v) is 9.03. The van der Waals surface area contributed by atoms with Crippen LogP contribution in [0.4, 0.5) is 0 Å². The molecule has 0 heterocycles. The standard InChI is InChI=1S/C16H23Br2NO/c1-11(2)20-16-14(17)8-12(9-15(16)18)10-19-13-6-4-3-5-7-13/h8-9,11,13,19H,3-7,10H2,1-2H3. The van der Waals surface area contributed by atoms with Gasteiger partial charge in [0.15, 0.2) is 0 Å². The van der Waals surface area contributed by atoms with Crippen molar-refractivity contribution >= 4 is 31.9 Å². The Morgan fingerprint density at radius 1 is 1.15 bits per heavy atom. The summed E-state index contributed by atoms with van der Waals surface area (Å²) in [5.41, 5.74) is 1.28. The molecule has 0 unspecified atom stereocenters. The number of ether oxygens (including phenoxy) is 1. The summed E-state index contributed by atoms with van der Waals surface area (Å²) < 4.78 is 7.84. The third-order valence-electron chi connectivity index (χ3n) is 3.61. The summed E-state index contributed by atoms with van der Waals surface area (Å²) in [4.78, 5) is 0. The smallest absolute Gasteiger partial charge is 0.148 e. The molecular weight excluding hydrogens is 382 g/mol. The van der Waals surface area contributed by atoms with Crippen molar-refractivity contribution in [2.45, 2.75) is 64.6 Å². The van der Waals surface area contributed by atoms with Crippen LogP contribution in [0, 0.1) is 0 Å². The minimum absolute atomic E-state index is 0.175. The highest BCUT2D eigenvalue weighted by Crippen LogP contribution is 2.35. The molecule has 1 aromatic rings. The van der Waals surface area contributed by atoms with Crippen molar-refractivity contribution in [3.63, 3.8) is 0 Å². The fraction of sp³-hybridized carbons (Fsp3) is 0.625. The predicted octanol–water partition coefficient (Wildman–Crippen LogP) is 5.42. The number of rotatable bonds is 5. The highest BCUT2D eigenvalue weighted by molar-refractivity contribution is 9.11. The molecule has 0 amide bonds. The maximum Gasteiger partial charge on any atom is 0.148 e. The van der Waals surface area contributed by atoms with E-state index in [4.69, 9.17) is 4.74 Å². The molecule has 1 saturated carbocycles. The minimum Gasteiger partial charge on any atom is -0.489 e. The molecule has 20 heavy (non-hydrogen) atoms. The molecule has 1 fully saturated rings. The minimum atomic E-state index is 0.175. The summed E-state index contributed by atoms with van der Waals surface area (Å²) in [6.45, 7) is 5.00. The summed E-state index contributed by atoms with van der Waals surface area (Å²) in [7, 11) is 0. The quantitative estimate of drug-likeness (QED) is 0.707. The van der Waals surface area contributed by atoms with Gasteiger partial charge in [0.05, 0.1) is 15.0 Å². The number of benzene rings is 1. The van der Waals surface area contributed by atoms with Crippen LogP contribution in [-0.4, -0.2) is 12.1 Å². The van der Waals surface area contributed by atoms with Crippen LogP contribution < -0.4 is 10.1 Å². The van der Waals surface area contributed by atoms with Gasteiger partial charge in [-0.1, -0.05) is 19.3 Å². The first-order chi connectivity index (χ1) is 9.56.